The molecule has 250 valence electrons. The van der Waals surface area contributed by atoms with Crippen molar-refractivity contribution in [3.8, 4) is 16.9 Å². The minimum absolute atomic E-state index is 0.207. The first kappa shape index (κ1) is 32.5. The van der Waals surface area contributed by atoms with Gasteiger partial charge in [-0.15, -0.1) is 0 Å². The topological polar surface area (TPSA) is 87.9 Å². The number of rotatable bonds is 11. The van der Waals surface area contributed by atoms with Crippen LogP contribution in [0.3, 0.4) is 0 Å². The molecule has 0 amide bonds. The maximum absolute atomic E-state index is 13.5. The predicted octanol–water partition coefficient (Wildman–Crippen LogP) is 6.37. The van der Waals surface area contributed by atoms with Gasteiger partial charge in [-0.25, -0.2) is 14.4 Å². The number of anilines is 2. The van der Waals surface area contributed by atoms with Crippen molar-refractivity contribution in [2.45, 2.75) is 38.1 Å². The van der Waals surface area contributed by atoms with Crippen molar-refractivity contribution in [3.63, 3.8) is 0 Å². The Morgan fingerprint density at radius 1 is 0.958 bits per heavy atom. The molecule has 3 aromatic carbocycles. The Morgan fingerprint density at radius 3 is 2.62 bits per heavy atom. The van der Waals surface area contributed by atoms with E-state index in [9.17, 15) is 9.50 Å². The number of morpholine rings is 1. The van der Waals surface area contributed by atoms with E-state index in [0.717, 1.165) is 85.5 Å². The highest BCUT2D eigenvalue weighted by molar-refractivity contribution is 6.32. The van der Waals surface area contributed by atoms with Crippen LogP contribution in [0.2, 0.25) is 5.02 Å². The summed E-state index contributed by atoms with van der Waals surface area (Å²) in [4.78, 5) is 13.9. The Labute approximate surface area is 284 Å². The molecule has 0 saturated carbocycles. The summed E-state index contributed by atoms with van der Waals surface area (Å²) < 4.78 is 26.9. The van der Waals surface area contributed by atoms with E-state index in [4.69, 9.17) is 21.1 Å². The molecule has 11 heteroatoms. The van der Waals surface area contributed by atoms with Crippen LogP contribution >= 0.6 is 11.6 Å². The molecule has 4 heterocycles. The van der Waals surface area contributed by atoms with Gasteiger partial charge in [0.25, 0.3) is 0 Å². The Balaban J connectivity index is 0.970. The summed E-state index contributed by atoms with van der Waals surface area (Å²) in [6, 6.07) is 20.5. The second-order valence-corrected chi connectivity index (χ2v) is 13.0. The van der Waals surface area contributed by atoms with E-state index in [1.165, 1.54) is 18.5 Å². The molecule has 2 N–H and O–H groups in total. The van der Waals surface area contributed by atoms with Crippen LogP contribution in [-0.2, 0) is 17.9 Å². The molecule has 0 spiro atoms. The predicted molar refractivity (Wildman–Crippen MR) is 186 cm³/mol. The summed E-state index contributed by atoms with van der Waals surface area (Å²) >= 11 is 6.54. The van der Waals surface area contributed by atoms with Crippen molar-refractivity contribution in [1.82, 2.24) is 24.3 Å². The van der Waals surface area contributed by atoms with Crippen molar-refractivity contribution in [1.29, 1.82) is 0 Å². The first-order chi connectivity index (χ1) is 23.5. The molecule has 0 aliphatic carbocycles. The zero-order valence-corrected chi connectivity index (χ0v) is 27.5. The lowest BCUT2D eigenvalue weighted by Gasteiger charge is -2.40. The van der Waals surface area contributed by atoms with E-state index >= 15 is 0 Å². The quantitative estimate of drug-likeness (QED) is 0.168. The van der Waals surface area contributed by atoms with Gasteiger partial charge in [-0.3, -0.25) is 4.90 Å². The van der Waals surface area contributed by atoms with E-state index in [1.54, 1.807) is 24.3 Å². The number of β-amino-alcohol motifs (C(OH)–C–C–N with tert-alkyl or cyclic N) is 1. The average Bonchev–Trinajstić information content (AvgIpc) is 3.57. The summed E-state index contributed by atoms with van der Waals surface area (Å²) in [5, 5.41) is 15.6. The van der Waals surface area contributed by atoms with E-state index < -0.39 is 6.10 Å². The lowest BCUT2D eigenvalue weighted by molar-refractivity contribution is -0.00389. The van der Waals surface area contributed by atoms with E-state index in [1.807, 2.05) is 18.3 Å². The Hall–Kier alpha value is -4.06. The number of halogens is 2. The summed E-state index contributed by atoms with van der Waals surface area (Å²) in [5.41, 5.74) is 4.35. The third kappa shape index (κ3) is 7.97. The summed E-state index contributed by atoms with van der Waals surface area (Å²) in [7, 11) is 0. The van der Waals surface area contributed by atoms with Crippen LogP contribution in [0.5, 0.6) is 5.75 Å². The van der Waals surface area contributed by atoms with Crippen molar-refractivity contribution in [2.24, 2.45) is 0 Å². The largest absolute Gasteiger partial charge is 0.487 e. The maximum atomic E-state index is 13.5. The molecule has 7 rings (SSSR count). The number of hydrogen-bond acceptors (Lipinski definition) is 8. The van der Waals surface area contributed by atoms with Gasteiger partial charge in [-0.05, 0) is 91.2 Å². The number of aliphatic hydroxyl groups excluding tert-OH is 1. The van der Waals surface area contributed by atoms with E-state index in [0.29, 0.717) is 35.7 Å². The van der Waals surface area contributed by atoms with Gasteiger partial charge in [0.15, 0.2) is 0 Å². The third-order valence-electron chi connectivity index (χ3n) is 9.21. The average molecular weight is 671 g/mol. The molecule has 2 aliphatic heterocycles. The molecular weight excluding hydrogens is 631 g/mol. The molecule has 2 saturated heterocycles. The summed E-state index contributed by atoms with van der Waals surface area (Å²) in [6.45, 7) is 7.20. The Kier molecular flexibility index (Phi) is 10.2. The second kappa shape index (κ2) is 15.0. The van der Waals surface area contributed by atoms with E-state index in [2.05, 4.69) is 54.0 Å². The number of benzene rings is 3. The number of aromatic nitrogens is 3. The second-order valence-electron chi connectivity index (χ2n) is 12.6. The van der Waals surface area contributed by atoms with Crippen molar-refractivity contribution in [2.75, 3.05) is 51.3 Å². The highest BCUT2D eigenvalue weighted by Crippen LogP contribution is 2.32. The first-order valence-corrected chi connectivity index (χ1v) is 16.9. The third-order valence-corrected chi connectivity index (χ3v) is 9.50. The smallest absolute Gasteiger partial charge is 0.141 e. The van der Waals surface area contributed by atoms with Crippen molar-refractivity contribution in [3.05, 3.63) is 102 Å². The molecule has 2 fully saturated rings. The molecule has 2 aromatic heterocycles. The summed E-state index contributed by atoms with van der Waals surface area (Å²) in [6.07, 6.45) is 7.48. The van der Waals surface area contributed by atoms with Crippen molar-refractivity contribution >= 4 is 34.0 Å². The van der Waals surface area contributed by atoms with Crippen LogP contribution in [-0.4, -0.2) is 87.5 Å². The van der Waals surface area contributed by atoms with Gasteiger partial charge in [0.05, 0.1) is 29.9 Å². The van der Waals surface area contributed by atoms with Gasteiger partial charge < -0.3 is 29.4 Å². The minimum atomic E-state index is -0.448. The fraction of sp³-hybridized carbons (Fsp3) is 0.351. The van der Waals surface area contributed by atoms with Crippen LogP contribution in [0.25, 0.3) is 22.0 Å². The van der Waals surface area contributed by atoms with Crippen LogP contribution in [0.4, 0.5) is 15.9 Å². The highest BCUT2D eigenvalue weighted by Gasteiger charge is 2.26. The molecule has 48 heavy (non-hydrogen) atoms. The number of likely N-dealkylation sites (tertiary alicyclic amines) is 1. The Bertz CT molecular complexity index is 1840. The zero-order chi connectivity index (χ0) is 32.9. The number of nitrogens with zero attached hydrogens (tertiary/aromatic N) is 5. The molecule has 0 bridgehead atoms. The zero-order valence-electron chi connectivity index (χ0n) is 26.8. The number of aliphatic hydroxyl groups is 1. The van der Waals surface area contributed by atoms with Gasteiger partial charge in [0, 0.05) is 55.7 Å². The van der Waals surface area contributed by atoms with Crippen molar-refractivity contribution < 1.29 is 19.0 Å². The van der Waals surface area contributed by atoms with Gasteiger partial charge in [0.1, 0.15) is 30.3 Å². The summed E-state index contributed by atoms with van der Waals surface area (Å²) in [5.74, 6) is 0.850. The number of ether oxygens (including phenoxy) is 2. The SMILES string of the molecule is OC(CN1CCC(N2CCOCC2)CC1)Cn1ccc(-c2ccc3ncnc(Nc4ccc(OCc5cccc(F)c5)c(Cl)c4)c3c2)c1. The van der Waals surface area contributed by atoms with Gasteiger partial charge >= 0.3 is 0 Å². The normalized spacial score (nSPS) is 17.1. The molecule has 5 aromatic rings. The fourth-order valence-corrected chi connectivity index (χ4v) is 6.92. The lowest BCUT2D eigenvalue weighted by atomic mass is 10.0. The molecule has 0 radical (unpaired) electrons. The minimum Gasteiger partial charge on any atom is -0.487 e. The van der Waals surface area contributed by atoms with Gasteiger partial charge in [-0.2, -0.15) is 0 Å². The fourth-order valence-electron chi connectivity index (χ4n) is 6.69. The number of fused-ring (bicyclic) bond motifs is 1. The lowest BCUT2D eigenvalue weighted by Crippen LogP contribution is -2.50. The molecule has 1 unspecified atom stereocenters. The number of nitrogens with one attached hydrogen (secondary N) is 1. The van der Waals surface area contributed by atoms with Crippen LogP contribution < -0.4 is 10.1 Å². The van der Waals surface area contributed by atoms with E-state index in [-0.39, 0.29) is 12.4 Å². The molecule has 1 atom stereocenters. The standard InChI is InChI=1S/C37H40ClFN6O3/c38-34-20-30(5-7-36(34)48-24-26-2-1-3-29(39)18-26)42-37-33-19-27(4-6-35(33)40-25-41-37)28-8-11-44(21-28)23-32(46)22-43-12-9-31(10-13-43)45-14-16-47-17-15-45/h1-8,11,18-21,25,31-32,46H,9-10,12-17,22-24H2,(H,40,41,42). The monoisotopic (exact) mass is 670 g/mol. The Morgan fingerprint density at radius 2 is 1.81 bits per heavy atom. The molecule has 2 aliphatic rings. The molecular formula is C37H40ClFN6O3. The van der Waals surface area contributed by atoms with Gasteiger partial charge in [0.2, 0.25) is 0 Å². The van der Waals surface area contributed by atoms with Gasteiger partial charge in [-0.1, -0.05) is 29.8 Å². The van der Waals surface area contributed by atoms with Crippen LogP contribution in [0.15, 0.2) is 85.5 Å². The number of hydrogen-bond donors (Lipinski definition) is 2. The highest BCUT2D eigenvalue weighted by atomic mass is 35.5. The first-order valence-electron chi connectivity index (χ1n) is 16.5. The van der Waals surface area contributed by atoms with Crippen LogP contribution in [0, 0.1) is 5.82 Å². The van der Waals surface area contributed by atoms with Crippen LogP contribution in [0.1, 0.15) is 18.4 Å². The molecule has 9 nitrogen and oxygen atoms in total. The maximum Gasteiger partial charge on any atom is 0.141 e. The number of piperidine rings is 1.